The monoisotopic (exact) mass is 285 g/mol. The number of imidazole rings is 1. The first-order valence-electron chi connectivity index (χ1n) is 8.17. The molecule has 0 aliphatic heterocycles. The summed E-state index contributed by atoms with van der Waals surface area (Å²) in [5, 5.41) is 0. The number of aromatic nitrogens is 2. The lowest BCUT2D eigenvalue weighted by Gasteiger charge is -2.46. The molecule has 0 amide bonds. The second kappa shape index (κ2) is 5.13. The van der Waals surface area contributed by atoms with Crippen LogP contribution in [0.5, 0.6) is 0 Å². The summed E-state index contributed by atoms with van der Waals surface area (Å²) in [5.41, 5.74) is 10.1. The number of aryl methyl sites for hydroxylation is 1. The molecule has 0 saturated heterocycles. The molecule has 1 aliphatic carbocycles. The highest BCUT2D eigenvalue weighted by Gasteiger charge is 2.43. The molecule has 0 spiro atoms. The maximum atomic E-state index is 6.28. The van der Waals surface area contributed by atoms with Crippen molar-refractivity contribution in [3.63, 3.8) is 0 Å². The number of fused-ring (bicyclic) bond motifs is 1. The van der Waals surface area contributed by atoms with Crippen molar-refractivity contribution < 1.29 is 0 Å². The molecule has 3 N–H and O–H groups in total. The van der Waals surface area contributed by atoms with Gasteiger partial charge in [0.15, 0.2) is 0 Å². The summed E-state index contributed by atoms with van der Waals surface area (Å²) in [6.07, 6.45) is 3.27. The molecule has 1 heterocycles. The largest absolute Gasteiger partial charge is 0.342 e. The summed E-state index contributed by atoms with van der Waals surface area (Å²) in [6.45, 7) is 9.15. The average molecular weight is 285 g/mol. The van der Waals surface area contributed by atoms with Gasteiger partial charge in [-0.15, -0.1) is 0 Å². The van der Waals surface area contributed by atoms with E-state index in [2.05, 4.69) is 50.9 Å². The molecule has 1 aliphatic rings. The van der Waals surface area contributed by atoms with Gasteiger partial charge >= 0.3 is 0 Å². The molecule has 3 heteroatoms. The molecule has 0 radical (unpaired) electrons. The van der Waals surface area contributed by atoms with Gasteiger partial charge in [0.2, 0.25) is 0 Å². The smallest absolute Gasteiger partial charge is 0.110 e. The normalized spacial score (nSPS) is 28.9. The van der Waals surface area contributed by atoms with Gasteiger partial charge < -0.3 is 10.7 Å². The molecular weight excluding hydrogens is 258 g/mol. The van der Waals surface area contributed by atoms with Crippen LogP contribution in [0.25, 0.3) is 11.0 Å². The standard InChI is InChI=1S/C18H27N3/c1-5-12-6-9-15-16(10-12)21-17(20-15)13-7-8-14(19)11(2)18(13,3)4/h6,9-11,13-14H,5,7-8,19H2,1-4H3,(H,20,21). The van der Waals surface area contributed by atoms with E-state index in [0.717, 1.165) is 30.6 Å². The van der Waals surface area contributed by atoms with Crippen molar-refractivity contribution in [1.29, 1.82) is 0 Å². The van der Waals surface area contributed by atoms with E-state index in [1.54, 1.807) is 0 Å². The summed E-state index contributed by atoms with van der Waals surface area (Å²) in [4.78, 5) is 8.45. The van der Waals surface area contributed by atoms with E-state index >= 15 is 0 Å². The highest BCUT2D eigenvalue weighted by atomic mass is 14.9. The second-order valence-corrected chi connectivity index (χ2v) is 7.23. The van der Waals surface area contributed by atoms with Crippen LogP contribution in [0.2, 0.25) is 0 Å². The Morgan fingerprint density at radius 1 is 1.33 bits per heavy atom. The summed E-state index contributed by atoms with van der Waals surface area (Å²) >= 11 is 0. The summed E-state index contributed by atoms with van der Waals surface area (Å²) in [5.74, 6) is 2.11. The van der Waals surface area contributed by atoms with Crippen LogP contribution >= 0.6 is 0 Å². The molecule has 3 atom stereocenters. The average Bonchev–Trinajstić information content (AvgIpc) is 2.87. The second-order valence-electron chi connectivity index (χ2n) is 7.23. The van der Waals surface area contributed by atoms with Crippen LogP contribution in [0, 0.1) is 11.3 Å². The number of nitrogens with two attached hydrogens (primary N) is 1. The zero-order chi connectivity index (χ0) is 15.2. The van der Waals surface area contributed by atoms with E-state index in [1.165, 1.54) is 11.1 Å². The molecule has 1 aromatic heterocycles. The fraction of sp³-hybridized carbons (Fsp3) is 0.611. The van der Waals surface area contributed by atoms with Crippen molar-refractivity contribution in [2.45, 2.75) is 58.9 Å². The molecule has 0 bridgehead atoms. The van der Waals surface area contributed by atoms with Gasteiger partial charge in [-0.05, 0) is 48.3 Å². The van der Waals surface area contributed by atoms with Crippen molar-refractivity contribution in [2.75, 3.05) is 0 Å². The number of rotatable bonds is 2. The lowest BCUT2D eigenvalue weighted by molar-refractivity contribution is 0.0954. The van der Waals surface area contributed by atoms with E-state index < -0.39 is 0 Å². The van der Waals surface area contributed by atoms with E-state index in [-0.39, 0.29) is 5.41 Å². The molecule has 3 rings (SSSR count). The van der Waals surface area contributed by atoms with Crippen molar-refractivity contribution in [3.8, 4) is 0 Å². The third-order valence-corrected chi connectivity index (χ3v) is 5.81. The number of benzene rings is 1. The van der Waals surface area contributed by atoms with Gasteiger partial charge in [-0.25, -0.2) is 4.98 Å². The third kappa shape index (κ3) is 2.38. The van der Waals surface area contributed by atoms with Crippen LogP contribution in [-0.4, -0.2) is 16.0 Å². The Morgan fingerprint density at radius 2 is 2.10 bits per heavy atom. The number of nitrogens with one attached hydrogen (secondary N) is 1. The van der Waals surface area contributed by atoms with Gasteiger partial charge in [-0.2, -0.15) is 0 Å². The molecule has 1 aromatic carbocycles. The third-order valence-electron chi connectivity index (χ3n) is 5.81. The SMILES string of the molecule is CCc1ccc2nc(C3CCC(N)C(C)C3(C)C)[nH]c2c1. The molecular formula is C18H27N3. The minimum Gasteiger partial charge on any atom is -0.342 e. The van der Waals surface area contributed by atoms with Crippen LogP contribution < -0.4 is 5.73 Å². The van der Waals surface area contributed by atoms with Crippen molar-refractivity contribution in [3.05, 3.63) is 29.6 Å². The Hall–Kier alpha value is -1.35. The van der Waals surface area contributed by atoms with E-state index in [9.17, 15) is 0 Å². The Labute approximate surface area is 127 Å². The highest BCUT2D eigenvalue weighted by Crippen LogP contribution is 2.49. The Kier molecular flexibility index (Phi) is 3.56. The maximum absolute atomic E-state index is 6.28. The van der Waals surface area contributed by atoms with Crippen molar-refractivity contribution in [2.24, 2.45) is 17.1 Å². The predicted molar refractivity (Wildman–Crippen MR) is 88.4 cm³/mol. The number of hydrogen-bond acceptors (Lipinski definition) is 2. The first-order valence-corrected chi connectivity index (χ1v) is 8.17. The van der Waals surface area contributed by atoms with Crippen molar-refractivity contribution in [1.82, 2.24) is 9.97 Å². The van der Waals surface area contributed by atoms with Crippen molar-refractivity contribution >= 4 is 11.0 Å². The topological polar surface area (TPSA) is 54.7 Å². The molecule has 3 nitrogen and oxygen atoms in total. The number of nitrogens with zero attached hydrogens (tertiary/aromatic N) is 1. The van der Waals surface area contributed by atoms with E-state index in [1.807, 2.05) is 0 Å². The first-order chi connectivity index (χ1) is 9.93. The van der Waals surface area contributed by atoms with Gasteiger partial charge in [0, 0.05) is 12.0 Å². The summed E-state index contributed by atoms with van der Waals surface area (Å²) < 4.78 is 0. The fourth-order valence-corrected chi connectivity index (χ4v) is 3.80. The Morgan fingerprint density at radius 3 is 2.81 bits per heavy atom. The van der Waals surface area contributed by atoms with Crippen LogP contribution in [0.4, 0.5) is 0 Å². The van der Waals surface area contributed by atoms with Gasteiger partial charge in [0.05, 0.1) is 11.0 Å². The molecule has 3 unspecified atom stereocenters. The molecule has 2 aromatic rings. The van der Waals surface area contributed by atoms with Crippen LogP contribution in [0.3, 0.4) is 0 Å². The summed E-state index contributed by atoms with van der Waals surface area (Å²) in [6, 6.07) is 6.86. The first kappa shape index (κ1) is 14.6. The number of hydrogen-bond donors (Lipinski definition) is 2. The quantitative estimate of drug-likeness (QED) is 0.876. The van der Waals surface area contributed by atoms with E-state index in [0.29, 0.717) is 17.9 Å². The maximum Gasteiger partial charge on any atom is 0.110 e. The molecule has 21 heavy (non-hydrogen) atoms. The zero-order valence-corrected chi connectivity index (χ0v) is 13.6. The van der Waals surface area contributed by atoms with Gasteiger partial charge in [-0.1, -0.05) is 33.8 Å². The minimum absolute atomic E-state index is 0.180. The molecule has 114 valence electrons. The predicted octanol–water partition coefficient (Wildman–Crippen LogP) is 3.99. The Bertz CT molecular complexity index is 641. The number of aromatic amines is 1. The highest BCUT2D eigenvalue weighted by molar-refractivity contribution is 5.76. The van der Waals surface area contributed by atoms with Crippen LogP contribution in [-0.2, 0) is 6.42 Å². The lowest BCUT2D eigenvalue weighted by atomic mass is 9.61. The van der Waals surface area contributed by atoms with Crippen LogP contribution in [0.15, 0.2) is 18.2 Å². The molecule has 1 fully saturated rings. The zero-order valence-electron chi connectivity index (χ0n) is 13.6. The summed E-state index contributed by atoms with van der Waals surface area (Å²) in [7, 11) is 0. The number of H-pyrrole nitrogens is 1. The Balaban J connectivity index is 1.99. The van der Waals surface area contributed by atoms with Gasteiger partial charge in [0.25, 0.3) is 0 Å². The van der Waals surface area contributed by atoms with Gasteiger partial charge in [-0.3, -0.25) is 0 Å². The van der Waals surface area contributed by atoms with Gasteiger partial charge in [0.1, 0.15) is 5.82 Å². The van der Waals surface area contributed by atoms with E-state index in [4.69, 9.17) is 10.7 Å². The van der Waals surface area contributed by atoms with Crippen LogP contribution in [0.1, 0.15) is 57.8 Å². The fourth-order valence-electron chi connectivity index (χ4n) is 3.80. The minimum atomic E-state index is 0.180. The lowest BCUT2D eigenvalue weighted by Crippen LogP contribution is -2.46. The molecule has 1 saturated carbocycles.